The first-order valence-electron chi connectivity index (χ1n) is 5.99. The van der Waals surface area contributed by atoms with Gasteiger partial charge >= 0.3 is 0 Å². The van der Waals surface area contributed by atoms with E-state index in [0.717, 1.165) is 16.6 Å². The maximum atomic E-state index is 4.59. The number of nitrogens with zero attached hydrogens (tertiary/aromatic N) is 1. The Morgan fingerprint density at radius 2 is 2.31 bits per heavy atom. The highest BCUT2D eigenvalue weighted by molar-refractivity contribution is 7.22. The predicted octanol–water partition coefficient (Wildman–Crippen LogP) is 3.90. The number of nitrogens with one attached hydrogen (secondary N) is 1. The van der Waals surface area contributed by atoms with E-state index in [9.17, 15) is 0 Å². The quantitative estimate of drug-likeness (QED) is 0.865. The van der Waals surface area contributed by atoms with Crippen LogP contribution < -0.4 is 5.32 Å². The van der Waals surface area contributed by atoms with Crippen molar-refractivity contribution in [3.63, 3.8) is 0 Å². The zero-order valence-corrected chi connectivity index (χ0v) is 10.3. The molecule has 1 aromatic heterocycles. The standard InChI is InChI=1S/C13H16N2S/c1-2-5-9-8-11(9)15-13-14-10-6-3-4-7-12(10)16-13/h3-4,6-7,9,11H,2,5,8H2,1H3,(H,14,15). The average molecular weight is 232 g/mol. The van der Waals surface area contributed by atoms with E-state index in [1.807, 2.05) is 6.07 Å². The molecule has 1 aliphatic carbocycles. The summed E-state index contributed by atoms with van der Waals surface area (Å²) in [7, 11) is 0. The van der Waals surface area contributed by atoms with Crippen LogP contribution in [0.2, 0.25) is 0 Å². The van der Waals surface area contributed by atoms with Crippen LogP contribution in [0.15, 0.2) is 24.3 Å². The summed E-state index contributed by atoms with van der Waals surface area (Å²) in [5.41, 5.74) is 1.11. The molecule has 0 bridgehead atoms. The summed E-state index contributed by atoms with van der Waals surface area (Å²) in [5.74, 6) is 0.886. The first-order valence-corrected chi connectivity index (χ1v) is 6.80. The Balaban J connectivity index is 1.71. The van der Waals surface area contributed by atoms with Gasteiger partial charge in [0.05, 0.1) is 10.2 Å². The molecule has 0 radical (unpaired) electrons. The molecule has 16 heavy (non-hydrogen) atoms. The lowest BCUT2D eigenvalue weighted by atomic mass is 10.2. The number of fused-ring (bicyclic) bond motifs is 1. The van der Waals surface area contributed by atoms with Crippen LogP contribution in [0.4, 0.5) is 5.13 Å². The minimum absolute atomic E-state index is 0.681. The maximum Gasteiger partial charge on any atom is 0.184 e. The third-order valence-corrected chi connectivity index (χ3v) is 4.15. The number of thiazole rings is 1. The molecule has 2 aromatic rings. The molecule has 1 N–H and O–H groups in total. The van der Waals surface area contributed by atoms with Gasteiger partial charge in [0, 0.05) is 6.04 Å². The van der Waals surface area contributed by atoms with Gasteiger partial charge in [0.25, 0.3) is 0 Å². The average Bonchev–Trinajstić information content (AvgIpc) is 2.88. The lowest BCUT2D eigenvalue weighted by molar-refractivity contribution is 0.693. The van der Waals surface area contributed by atoms with Crippen LogP contribution in [-0.2, 0) is 0 Å². The Bertz CT molecular complexity index is 458. The Kier molecular flexibility index (Phi) is 2.56. The van der Waals surface area contributed by atoms with E-state index in [-0.39, 0.29) is 0 Å². The van der Waals surface area contributed by atoms with Gasteiger partial charge in [-0.1, -0.05) is 36.8 Å². The van der Waals surface area contributed by atoms with Crippen molar-refractivity contribution in [1.82, 2.24) is 4.98 Å². The SMILES string of the molecule is CCCC1CC1Nc1nc2ccccc2s1. The molecule has 1 saturated carbocycles. The third-order valence-electron chi connectivity index (χ3n) is 3.18. The number of para-hydroxylation sites is 1. The van der Waals surface area contributed by atoms with Crippen LogP contribution >= 0.6 is 11.3 Å². The lowest BCUT2D eigenvalue weighted by Gasteiger charge is -1.99. The van der Waals surface area contributed by atoms with E-state index in [0.29, 0.717) is 6.04 Å². The minimum atomic E-state index is 0.681. The molecule has 3 heteroatoms. The van der Waals surface area contributed by atoms with Gasteiger partial charge in [0.2, 0.25) is 0 Å². The number of benzene rings is 1. The van der Waals surface area contributed by atoms with Gasteiger partial charge in [-0.2, -0.15) is 0 Å². The molecule has 1 fully saturated rings. The maximum absolute atomic E-state index is 4.59. The van der Waals surface area contributed by atoms with Crippen molar-refractivity contribution in [2.24, 2.45) is 5.92 Å². The smallest absolute Gasteiger partial charge is 0.184 e. The molecular formula is C13H16N2S. The molecule has 0 aliphatic heterocycles. The number of anilines is 1. The summed E-state index contributed by atoms with van der Waals surface area (Å²) in [4.78, 5) is 4.59. The van der Waals surface area contributed by atoms with E-state index in [1.54, 1.807) is 11.3 Å². The first-order chi connectivity index (χ1) is 7.86. The molecule has 3 rings (SSSR count). The van der Waals surface area contributed by atoms with Gasteiger partial charge in [-0.3, -0.25) is 0 Å². The van der Waals surface area contributed by atoms with Gasteiger partial charge in [-0.15, -0.1) is 0 Å². The van der Waals surface area contributed by atoms with Gasteiger partial charge < -0.3 is 5.32 Å². The molecule has 0 saturated heterocycles. The Labute approximate surface area is 99.7 Å². The zero-order valence-electron chi connectivity index (χ0n) is 9.44. The molecular weight excluding hydrogens is 216 g/mol. The van der Waals surface area contributed by atoms with E-state index < -0.39 is 0 Å². The summed E-state index contributed by atoms with van der Waals surface area (Å²) in [6.07, 6.45) is 3.97. The first kappa shape index (κ1) is 10.1. The van der Waals surface area contributed by atoms with Gasteiger partial charge in [-0.25, -0.2) is 4.98 Å². The summed E-state index contributed by atoms with van der Waals surface area (Å²) in [6.45, 7) is 2.26. The highest BCUT2D eigenvalue weighted by atomic mass is 32.1. The Morgan fingerprint density at radius 3 is 3.12 bits per heavy atom. The molecule has 2 nitrogen and oxygen atoms in total. The minimum Gasteiger partial charge on any atom is -0.358 e. The van der Waals surface area contributed by atoms with Crippen LogP contribution in [0.5, 0.6) is 0 Å². The third kappa shape index (κ3) is 1.92. The number of hydrogen-bond donors (Lipinski definition) is 1. The number of aromatic nitrogens is 1. The molecule has 84 valence electrons. The topological polar surface area (TPSA) is 24.9 Å². The second kappa shape index (κ2) is 4.06. The van der Waals surface area contributed by atoms with Gasteiger partial charge in [0.15, 0.2) is 5.13 Å². The van der Waals surface area contributed by atoms with Gasteiger partial charge in [-0.05, 0) is 30.9 Å². The number of rotatable bonds is 4. The number of hydrogen-bond acceptors (Lipinski definition) is 3. The van der Waals surface area contributed by atoms with Crippen molar-refractivity contribution in [2.75, 3.05) is 5.32 Å². The summed E-state index contributed by atoms with van der Waals surface area (Å²) in [6, 6.07) is 9.01. The van der Waals surface area contributed by atoms with E-state index in [2.05, 4.69) is 35.4 Å². The Morgan fingerprint density at radius 1 is 1.44 bits per heavy atom. The van der Waals surface area contributed by atoms with E-state index >= 15 is 0 Å². The fourth-order valence-corrected chi connectivity index (χ4v) is 3.13. The van der Waals surface area contributed by atoms with Crippen molar-refractivity contribution >= 4 is 26.7 Å². The van der Waals surface area contributed by atoms with Crippen molar-refractivity contribution in [3.8, 4) is 0 Å². The predicted molar refractivity (Wildman–Crippen MR) is 70.0 cm³/mol. The summed E-state index contributed by atoms with van der Waals surface area (Å²) < 4.78 is 1.28. The van der Waals surface area contributed by atoms with Crippen LogP contribution in [-0.4, -0.2) is 11.0 Å². The molecule has 1 heterocycles. The van der Waals surface area contributed by atoms with Crippen LogP contribution in [0, 0.1) is 5.92 Å². The molecule has 1 aliphatic rings. The summed E-state index contributed by atoms with van der Waals surface area (Å²) >= 11 is 1.76. The molecule has 0 amide bonds. The highest BCUT2D eigenvalue weighted by Gasteiger charge is 2.36. The molecule has 2 atom stereocenters. The van der Waals surface area contributed by atoms with Crippen LogP contribution in [0.3, 0.4) is 0 Å². The Hall–Kier alpha value is -1.09. The van der Waals surface area contributed by atoms with Crippen LogP contribution in [0.1, 0.15) is 26.2 Å². The second-order valence-electron chi connectivity index (χ2n) is 4.52. The largest absolute Gasteiger partial charge is 0.358 e. The fraction of sp³-hybridized carbons (Fsp3) is 0.462. The van der Waals surface area contributed by atoms with E-state index in [1.165, 1.54) is 24.0 Å². The fourth-order valence-electron chi connectivity index (χ4n) is 2.21. The molecule has 2 unspecified atom stereocenters. The monoisotopic (exact) mass is 232 g/mol. The van der Waals surface area contributed by atoms with Gasteiger partial charge in [0.1, 0.15) is 0 Å². The summed E-state index contributed by atoms with van der Waals surface area (Å²) in [5, 5.41) is 4.64. The van der Waals surface area contributed by atoms with E-state index in [4.69, 9.17) is 0 Å². The molecule has 1 aromatic carbocycles. The highest BCUT2D eigenvalue weighted by Crippen LogP contribution is 2.38. The van der Waals surface area contributed by atoms with Crippen molar-refractivity contribution in [1.29, 1.82) is 0 Å². The zero-order chi connectivity index (χ0) is 11.0. The van der Waals surface area contributed by atoms with Crippen LogP contribution in [0.25, 0.3) is 10.2 Å². The van der Waals surface area contributed by atoms with Crippen molar-refractivity contribution in [3.05, 3.63) is 24.3 Å². The normalized spacial score (nSPS) is 23.6. The van der Waals surface area contributed by atoms with Crippen molar-refractivity contribution < 1.29 is 0 Å². The second-order valence-corrected chi connectivity index (χ2v) is 5.55. The molecule has 0 spiro atoms. The lowest BCUT2D eigenvalue weighted by Crippen LogP contribution is -2.03. The van der Waals surface area contributed by atoms with Crippen molar-refractivity contribution in [2.45, 2.75) is 32.2 Å².